The lowest BCUT2D eigenvalue weighted by Crippen LogP contribution is -2.07. The standard InChI is InChI=1S/C53H30N4OS.C3H8/c1-2-12-32-27-35(24-23-31(32)11-1)51-54-52(36-25-26-38-37-15-5-7-20-45(37)58-46(38)30-36)56-53(55-51)57-44-29-34-14-4-3-13-33(34)28-43(44)41-19-9-18-40(50(41)57)39-17-10-22-48-49(39)42-16-6-8-21-47(42)59-48;1-3-2/h1-30H;3H2,1-2H3. The van der Waals surface area contributed by atoms with Gasteiger partial charge in [0.25, 0.3) is 0 Å². The Labute approximate surface area is 361 Å². The molecule has 0 aliphatic rings. The van der Waals surface area contributed by atoms with E-state index in [1.165, 1.54) is 37.5 Å². The number of nitrogens with zero attached hydrogens (tertiary/aromatic N) is 4. The fourth-order valence-electron chi connectivity index (χ4n) is 9.09. The summed E-state index contributed by atoms with van der Waals surface area (Å²) in [7, 11) is 0. The maximum atomic E-state index is 6.38. The molecule has 0 spiro atoms. The molecule has 0 aliphatic heterocycles. The Morgan fingerprint density at radius 2 is 1.05 bits per heavy atom. The first-order chi connectivity index (χ1) is 30.6. The Hall–Kier alpha value is -7.67. The molecule has 6 heteroatoms. The van der Waals surface area contributed by atoms with Gasteiger partial charge in [-0.25, -0.2) is 4.98 Å². The van der Waals surface area contributed by atoms with E-state index in [2.05, 4.69) is 182 Å². The van der Waals surface area contributed by atoms with Crippen LogP contribution in [0.3, 0.4) is 0 Å². The van der Waals surface area contributed by atoms with Crippen LogP contribution in [0.2, 0.25) is 0 Å². The van der Waals surface area contributed by atoms with E-state index < -0.39 is 0 Å². The molecule has 5 nitrogen and oxygen atoms in total. The first-order valence-corrected chi connectivity index (χ1v) is 22.0. The van der Waals surface area contributed by atoms with Crippen molar-refractivity contribution in [1.82, 2.24) is 19.5 Å². The average Bonchev–Trinajstić information content (AvgIpc) is 4.00. The van der Waals surface area contributed by atoms with Crippen LogP contribution in [-0.4, -0.2) is 19.5 Å². The van der Waals surface area contributed by atoms with Crippen molar-refractivity contribution in [1.29, 1.82) is 0 Å². The van der Waals surface area contributed by atoms with Gasteiger partial charge in [-0.05, 0) is 75.6 Å². The molecular formula is C56H38N4OS. The van der Waals surface area contributed by atoms with Gasteiger partial charge in [-0.1, -0.05) is 154 Å². The Morgan fingerprint density at radius 1 is 0.452 bits per heavy atom. The first-order valence-electron chi connectivity index (χ1n) is 21.2. The largest absolute Gasteiger partial charge is 0.456 e. The highest BCUT2D eigenvalue weighted by Gasteiger charge is 2.23. The molecule has 0 fully saturated rings. The van der Waals surface area contributed by atoms with E-state index in [1.807, 2.05) is 29.5 Å². The summed E-state index contributed by atoms with van der Waals surface area (Å²) >= 11 is 1.84. The number of para-hydroxylation sites is 2. The van der Waals surface area contributed by atoms with Crippen LogP contribution in [0.15, 0.2) is 186 Å². The number of thiophene rings is 1. The van der Waals surface area contributed by atoms with Gasteiger partial charge in [0, 0.05) is 58.4 Å². The fraction of sp³-hybridized carbons (Fsp3) is 0.0536. The number of benzene rings is 9. The summed E-state index contributed by atoms with van der Waals surface area (Å²) in [5.41, 5.74) is 7.79. The third-order valence-electron chi connectivity index (χ3n) is 11.8. The minimum atomic E-state index is 0.549. The molecule has 13 rings (SSSR count). The van der Waals surface area contributed by atoms with Gasteiger partial charge in [0.05, 0.1) is 11.0 Å². The first kappa shape index (κ1) is 36.2. The van der Waals surface area contributed by atoms with Gasteiger partial charge in [-0.2, -0.15) is 9.97 Å². The Balaban J connectivity index is 0.00000133. The zero-order chi connectivity index (χ0) is 41.3. The van der Waals surface area contributed by atoms with Gasteiger partial charge in [-0.3, -0.25) is 4.57 Å². The number of aromatic nitrogens is 4. The molecular weight excluding hydrogens is 777 g/mol. The topological polar surface area (TPSA) is 56.7 Å². The third-order valence-corrected chi connectivity index (χ3v) is 13.0. The van der Waals surface area contributed by atoms with Crippen LogP contribution >= 0.6 is 11.3 Å². The zero-order valence-corrected chi connectivity index (χ0v) is 34.9. The molecule has 0 bridgehead atoms. The molecule has 0 unspecified atom stereocenters. The highest BCUT2D eigenvalue weighted by atomic mass is 32.1. The quantitative estimate of drug-likeness (QED) is 0.178. The highest BCUT2D eigenvalue weighted by Crippen LogP contribution is 2.45. The molecule has 0 saturated carbocycles. The molecule has 294 valence electrons. The second-order valence-electron chi connectivity index (χ2n) is 15.9. The van der Waals surface area contributed by atoms with Crippen molar-refractivity contribution in [3.05, 3.63) is 182 Å². The van der Waals surface area contributed by atoms with Crippen LogP contribution in [-0.2, 0) is 0 Å². The van der Waals surface area contributed by atoms with Crippen LogP contribution in [0.25, 0.3) is 125 Å². The summed E-state index contributed by atoms with van der Waals surface area (Å²) in [4.78, 5) is 16.1. The minimum absolute atomic E-state index is 0.549. The second kappa shape index (κ2) is 14.5. The molecule has 0 aliphatic carbocycles. The second-order valence-corrected chi connectivity index (χ2v) is 17.0. The number of rotatable bonds is 4. The Morgan fingerprint density at radius 3 is 1.87 bits per heavy atom. The van der Waals surface area contributed by atoms with E-state index >= 15 is 0 Å². The zero-order valence-electron chi connectivity index (χ0n) is 34.1. The lowest BCUT2D eigenvalue weighted by Gasteiger charge is -2.14. The van der Waals surface area contributed by atoms with Crippen molar-refractivity contribution in [3.63, 3.8) is 0 Å². The SMILES string of the molecule is CCC.c1ccc2cc(-c3nc(-c4ccc5c(c4)oc4ccccc45)nc(-n4c5cc6ccccc6cc5c5cccc(-c6cccc7sc8ccccc8c67)c54)n3)ccc2c1. The molecule has 0 amide bonds. The summed E-state index contributed by atoms with van der Waals surface area (Å²) in [6.07, 6.45) is 1.25. The Bertz CT molecular complexity index is 3890. The number of hydrogen-bond donors (Lipinski definition) is 0. The van der Waals surface area contributed by atoms with Crippen LogP contribution in [0, 0.1) is 0 Å². The van der Waals surface area contributed by atoms with Crippen LogP contribution in [0.1, 0.15) is 20.3 Å². The number of furan rings is 1. The molecule has 0 radical (unpaired) electrons. The van der Waals surface area contributed by atoms with Crippen LogP contribution < -0.4 is 0 Å². The van der Waals surface area contributed by atoms with E-state index in [9.17, 15) is 0 Å². The average molecular weight is 815 g/mol. The van der Waals surface area contributed by atoms with Gasteiger partial charge in [-0.15, -0.1) is 11.3 Å². The molecule has 0 saturated heterocycles. The summed E-state index contributed by atoms with van der Waals surface area (Å²) in [5.74, 6) is 1.72. The highest BCUT2D eigenvalue weighted by molar-refractivity contribution is 7.25. The van der Waals surface area contributed by atoms with Crippen LogP contribution in [0.4, 0.5) is 0 Å². The predicted octanol–water partition coefficient (Wildman–Crippen LogP) is 16.0. The van der Waals surface area contributed by atoms with Crippen molar-refractivity contribution < 1.29 is 4.42 Å². The van der Waals surface area contributed by atoms with Crippen molar-refractivity contribution in [3.8, 4) is 39.9 Å². The maximum absolute atomic E-state index is 6.38. The van der Waals surface area contributed by atoms with E-state index in [0.29, 0.717) is 17.6 Å². The van der Waals surface area contributed by atoms with Crippen molar-refractivity contribution in [2.45, 2.75) is 20.3 Å². The van der Waals surface area contributed by atoms with Gasteiger partial charge >= 0.3 is 0 Å². The van der Waals surface area contributed by atoms with Crippen molar-refractivity contribution >= 4 is 96.8 Å². The normalized spacial score (nSPS) is 11.8. The van der Waals surface area contributed by atoms with Crippen LogP contribution in [0.5, 0.6) is 0 Å². The maximum Gasteiger partial charge on any atom is 0.238 e. The lowest BCUT2D eigenvalue weighted by molar-refractivity contribution is 0.669. The summed E-state index contributed by atoms with van der Waals surface area (Å²) in [6.45, 7) is 4.25. The molecule has 9 aromatic carbocycles. The van der Waals surface area contributed by atoms with E-state index in [4.69, 9.17) is 19.4 Å². The van der Waals surface area contributed by atoms with Gasteiger partial charge in [0.2, 0.25) is 5.95 Å². The lowest BCUT2D eigenvalue weighted by atomic mass is 9.97. The molecule has 0 atom stereocenters. The smallest absolute Gasteiger partial charge is 0.238 e. The van der Waals surface area contributed by atoms with Crippen molar-refractivity contribution in [2.24, 2.45) is 0 Å². The van der Waals surface area contributed by atoms with Gasteiger partial charge in [0.15, 0.2) is 11.6 Å². The molecule has 13 aromatic rings. The number of fused-ring (bicyclic) bond motifs is 11. The van der Waals surface area contributed by atoms with E-state index in [1.54, 1.807) is 0 Å². The van der Waals surface area contributed by atoms with E-state index in [0.717, 1.165) is 76.6 Å². The molecule has 4 aromatic heterocycles. The fourth-order valence-corrected chi connectivity index (χ4v) is 10.2. The monoisotopic (exact) mass is 814 g/mol. The minimum Gasteiger partial charge on any atom is -0.456 e. The summed E-state index contributed by atoms with van der Waals surface area (Å²) < 4.78 is 11.2. The van der Waals surface area contributed by atoms with Gasteiger partial charge in [0.1, 0.15) is 11.2 Å². The van der Waals surface area contributed by atoms with E-state index in [-0.39, 0.29) is 0 Å². The predicted molar refractivity (Wildman–Crippen MR) is 262 cm³/mol. The van der Waals surface area contributed by atoms with Crippen molar-refractivity contribution in [2.75, 3.05) is 0 Å². The molecule has 0 N–H and O–H groups in total. The number of hydrogen-bond acceptors (Lipinski definition) is 5. The van der Waals surface area contributed by atoms with Gasteiger partial charge < -0.3 is 4.42 Å². The summed E-state index contributed by atoms with van der Waals surface area (Å²) in [6, 6.07) is 64.5. The summed E-state index contributed by atoms with van der Waals surface area (Å²) in [5, 5.41) is 11.6. The third kappa shape index (κ3) is 5.79. The molecule has 4 heterocycles. The Kier molecular flexibility index (Phi) is 8.47. The molecule has 62 heavy (non-hydrogen) atoms.